The van der Waals surface area contributed by atoms with Crippen molar-refractivity contribution in [2.24, 2.45) is 11.3 Å². The Labute approximate surface area is 168 Å². The summed E-state index contributed by atoms with van der Waals surface area (Å²) in [6.07, 6.45) is 0.661. The minimum atomic E-state index is -1.80. The molecule has 0 saturated heterocycles. The fourth-order valence-corrected chi connectivity index (χ4v) is 4.72. The second kappa shape index (κ2) is 6.27. The van der Waals surface area contributed by atoms with Crippen molar-refractivity contribution in [3.8, 4) is 0 Å². The summed E-state index contributed by atoms with van der Waals surface area (Å²) in [4.78, 5) is 53.0. The van der Waals surface area contributed by atoms with Crippen LogP contribution in [0.3, 0.4) is 0 Å². The molecule has 0 bridgehead atoms. The van der Waals surface area contributed by atoms with E-state index in [2.05, 4.69) is 0 Å². The number of hydrogen-bond donors (Lipinski definition) is 0. The lowest BCUT2D eigenvalue weighted by atomic mass is 9.71. The highest BCUT2D eigenvalue weighted by Gasteiger charge is 2.68. The number of Topliss-reactive ketones (excluding diaryl/α,β-unsaturated/α-hetero) is 1. The normalized spacial score (nSPS) is 27.0. The number of anilines is 1. The minimum Gasteiger partial charge on any atom is -0.475 e. The van der Waals surface area contributed by atoms with Gasteiger partial charge in [-0.1, -0.05) is 32.0 Å². The Bertz CT molecular complexity index is 991. The fraction of sp³-hybridized carbons (Fsp3) is 0.455. The van der Waals surface area contributed by atoms with Gasteiger partial charge in [-0.25, -0.2) is 4.90 Å². The molecule has 2 atom stereocenters. The summed E-state index contributed by atoms with van der Waals surface area (Å²) in [6.45, 7) is 6.92. The number of benzene rings is 1. The number of ketones is 1. The van der Waals surface area contributed by atoms with Gasteiger partial charge < -0.3 is 9.47 Å². The topological polar surface area (TPSA) is 90.0 Å². The molecule has 0 radical (unpaired) electrons. The van der Waals surface area contributed by atoms with Crippen LogP contribution in [0.4, 0.5) is 5.69 Å². The molecule has 152 valence electrons. The van der Waals surface area contributed by atoms with Crippen LogP contribution in [0.5, 0.6) is 0 Å². The highest BCUT2D eigenvalue weighted by atomic mass is 16.5. The van der Waals surface area contributed by atoms with E-state index >= 15 is 0 Å². The van der Waals surface area contributed by atoms with Gasteiger partial charge in [0.05, 0.1) is 17.9 Å². The van der Waals surface area contributed by atoms with Gasteiger partial charge in [0.2, 0.25) is 11.5 Å². The summed E-state index contributed by atoms with van der Waals surface area (Å²) in [5, 5.41) is 0. The van der Waals surface area contributed by atoms with Crippen LogP contribution in [0.2, 0.25) is 0 Å². The Kier molecular flexibility index (Phi) is 4.19. The number of ether oxygens (including phenoxy) is 2. The molecule has 2 unspecified atom stereocenters. The Morgan fingerprint density at radius 3 is 2.55 bits per heavy atom. The molecule has 0 fully saturated rings. The quantitative estimate of drug-likeness (QED) is 0.713. The largest absolute Gasteiger partial charge is 0.475 e. The number of hydrogen-bond acceptors (Lipinski definition) is 6. The number of rotatable bonds is 2. The number of esters is 1. The number of nitrogens with zero attached hydrogens (tertiary/aromatic N) is 1. The second-order valence-electron chi connectivity index (χ2n) is 8.48. The molecule has 0 aromatic heterocycles. The van der Waals surface area contributed by atoms with E-state index in [4.69, 9.17) is 9.47 Å². The van der Waals surface area contributed by atoms with Crippen LogP contribution in [0, 0.1) is 11.3 Å². The summed E-state index contributed by atoms with van der Waals surface area (Å²) in [7, 11) is 0. The van der Waals surface area contributed by atoms with E-state index in [9.17, 15) is 19.2 Å². The molecule has 1 spiro atoms. The monoisotopic (exact) mass is 397 g/mol. The van der Waals surface area contributed by atoms with Gasteiger partial charge in [0.25, 0.3) is 5.91 Å². The van der Waals surface area contributed by atoms with Crippen molar-refractivity contribution in [2.75, 3.05) is 11.5 Å². The van der Waals surface area contributed by atoms with E-state index in [1.165, 1.54) is 6.92 Å². The molecule has 1 aliphatic carbocycles. The number of para-hydroxylation sites is 1. The van der Waals surface area contributed by atoms with E-state index < -0.39 is 29.3 Å². The predicted molar refractivity (Wildman–Crippen MR) is 103 cm³/mol. The molecule has 3 aliphatic rings. The van der Waals surface area contributed by atoms with Gasteiger partial charge in [-0.2, -0.15) is 0 Å². The maximum absolute atomic E-state index is 13.6. The zero-order valence-electron chi connectivity index (χ0n) is 16.9. The van der Waals surface area contributed by atoms with Crippen LogP contribution in [-0.2, 0) is 34.3 Å². The molecule has 29 heavy (non-hydrogen) atoms. The summed E-state index contributed by atoms with van der Waals surface area (Å²) >= 11 is 0. The molecule has 1 aromatic rings. The fourth-order valence-electron chi connectivity index (χ4n) is 4.72. The molecule has 4 rings (SSSR count). The van der Waals surface area contributed by atoms with Crippen molar-refractivity contribution in [3.05, 3.63) is 41.2 Å². The number of imide groups is 1. The van der Waals surface area contributed by atoms with E-state index in [-0.39, 0.29) is 29.8 Å². The molecule has 0 saturated carbocycles. The van der Waals surface area contributed by atoms with Crippen LogP contribution in [0.15, 0.2) is 35.6 Å². The number of carbonyl (C=O) groups excluding carboxylic acids is 4. The van der Waals surface area contributed by atoms with Crippen LogP contribution in [0.1, 0.15) is 46.1 Å². The maximum atomic E-state index is 13.6. The second-order valence-corrected chi connectivity index (χ2v) is 8.48. The van der Waals surface area contributed by atoms with Crippen LogP contribution in [0.25, 0.3) is 0 Å². The molecule has 7 nitrogen and oxygen atoms in total. The molecule has 2 heterocycles. The van der Waals surface area contributed by atoms with Crippen molar-refractivity contribution in [2.45, 2.75) is 46.1 Å². The highest BCUT2D eigenvalue weighted by Crippen LogP contribution is 2.58. The lowest BCUT2D eigenvalue weighted by molar-refractivity contribution is -0.161. The van der Waals surface area contributed by atoms with E-state index in [0.717, 1.165) is 4.90 Å². The van der Waals surface area contributed by atoms with Gasteiger partial charge >= 0.3 is 5.97 Å². The number of allylic oxidation sites excluding steroid dienone is 1. The summed E-state index contributed by atoms with van der Waals surface area (Å²) in [6, 6.07) is 6.72. The average Bonchev–Trinajstić information content (AvgIpc) is 3.08. The van der Waals surface area contributed by atoms with E-state index in [1.54, 1.807) is 31.2 Å². The lowest BCUT2D eigenvalue weighted by Crippen LogP contribution is -2.49. The van der Waals surface area contributed by atoms with Gasteiger partial charge in [-0.05, 0) is 18.4 Å². The van der Waals surface area contributed by atoms with Crippen molar-refractivity contribution in [1.82, 2.24) is 0 Å². The van der Waals surface area contributed by atoms with Gasteiger partial charge in [-0.3, -0.25) is 19.2 Å². The summed E-state index contributed by atoms with van der Waals surface area (Å²) in [5.41, 5.74) is -1.18. The Hall–Kier alpha value is -2.96. The Balaban J connectivity index is 1.96. The van der Waals surface area contributed by atoms with Gasteiger partial charge in [0.15, 0.2) is 5.78 Å². The Morgan fingerprint density at radius 2 is 1.90 bits per heavy atom. The third kappa shape index (κ3) is 2.56. The summed E-state index contributed by atoms with van der Waals surface area (Å²) in [5.74, 6) is -2.96. The maximum Gasteiger partial charge on any atom is 0.318 e. The van der Waals surface area contributed by atoms with E-state index in [0.29, 0.717) is 23.4 Å². The average molecular weight is 397 g/mol. The lowest BCUT2D eigenvalue weighted by Gasteiger charge is -2.29. The molecule has 1 aromatic carbocycles. The minimum absolute atomic E-state index is 0.0972. The first kappa shape index (κ1) is 19.4. The standard InChI is InChI=1S/C22H23NO6/c1-5-28-19(26)18-17-15(25)10-21(3,4)11-16(17)29-22(18)13-8-6-7-9-14(13)23(12(2)24)20(22)27/h6-9,18H,5,10-11H2,1-4H3. The zero-order valence-corrected chi connectivity index (χ0v) is 16.9. The first-order valence-corrected chi connectivity index (χ1v) is 9.70. The van der Waals surface area contributed by atoms with Gasteiger partial charge in [0.1, 0.15) is 11.7 Å². The molecule has 0 N–H and O–H groups in total. The molecule has 2 amide bonds. The van der Waals surface area contributed by atoms with Gasteiger partial charge in [0, 0.05) is 25.3 Å². The van der Waals surface area contributed by atoms with Crippen molar-refractivity contribution < 1.29 is 28.7 Å². The number of fused-ring (bicyclic) bond motifs is 2. The third-order valence-electron chi connectivity index (χ3n) is 5.76. The SMILES string of the molecule is CCOC(=O)C1C2=C(CC(C)(C)CC2=O)OC12C(=O)N(C(C)=O)c1ccccc12. The van der Waals surface area contributed by atoms with E-state index in [1.807, 2.05) is 13.8 Å². The molecule has 7 heteroatoms. The van der Waals surface area contributed by atoms with Gasteiger partial charge in [-0.15, -0.1) is 0 Å². The smallest absolute Gasteiger partial charge is 0.318 e. The van der Waals surface area contributed by atoms with Crippen LogP contribution in [-0.4, -0.2) is 30.2 Å². The first-order chi connectivity index (χ1) is 13.6. The molecular weight excluding hydrogens is 374 g/mol. The Morgan fingerprint density at radius 1 is 1.21 bits per heavy atom. The highest BCUT2D eigenvalue weighted by molar-refractivity contribution is 6.24. The third-order valence-corrected chi connectivity index (χ3v) is 5.76. The van der Waals surface area contributed by atoms with Crippen LogP contribution >= 0.6 is 0 Å². The number of carbonyl (C=O) groups is 4. The summed E-state index contributed by atoms with van der Waals surface area (Å²) < 4.78 is 11.5. The zero-order chi connectivity index (χ0) is 21.1. The predicted octanol–water partition coefficient (Wildman–Crippen LogP) is 2.63. The number of amides is 2. The van der Waals surface area contributed by atoms with Crippen LogP contribution < -0.4 is 4.90 Å². The molecular formula is C22H23NO6. The first-order valence-electron chi connectivity index (χ1n) is 9.70. The van der Waals surface area contributed by atoms with Crippen molar-refractivity contribution in [3.63, 3.8) is 0 Å². The van der Waals surface area contributed by atoms with Crippen molar-refractivity contribution >= 4 is 29.3 Å². The van der Waals surface area contributed by atoms with Crippen molar-refractivity contribution in [1.29, 1.82) is 0 Å². The molecule has 2 aliphatic heterocycles.